The van der Waals surface area contributed by atoms with E-state index in [1.54, 1.807) is 11.6 Å². The van der Waals surface area contributed by atoms with Crippen molar-refractivity contribution in [2.45, 2.75) is 39.3 Å². The Morgan fingerprint density at radius 3 is 3.06 bits per heavy atom. The normalized spacial score (nSPS) is 19.1. The van der Waals surface area contributed by atoms with Crippen LogP contribution in [0.25, 0.3) is 0 Å². The van der Waals surface area contributed by atoms with Crippen LogP contribution < -0.4 is 11.1 Å². The van der Waals surface area contributed by atoms with Crippen molar-refractivity contribution in [1.29, 1.82) is 0 Å². The number of amides is 1. The van der Waals surface area contributed by atoms with Crippen LogP contribution in [0.4, 0.5) is 5.69 Å². The van der Waals surface area contributed by atoms with Gasteiger partial charge in [0, 0.05) is 19.7 Å². The zero-order valence-corrected chi connectivity index (χ0v) is 10.9. The minimum absolute atomic E-state index is 0.134. The Morgan fingerprint density at radius 1 is 1.67 bits per heavy atom. The second-order valence-corrected chi connectivity index (χ2v) is 4.51. The first kappa shape index (κ1) is 12.9. The van der Waals surface area contributed by atoms with E-state index in [2.05, 4.69) is 10.4 Å². The van der Waals surface area contributed by atoms with E-state index in [1.807, 2.05) is 6.92 Å². The molecule has 0 aliphatic carbocycles. The molecule has 0 radical (unpaired) electrons. The van der Waals surface area contributed by atoms with Gasteiger partial charge in [-0.2, -0.15) is 5.10 Å². The number of hydrogen-bond acceptors (Lipinski definition) is 4. The Balaban J connectivity index is 2.03. The van der Waals surface area contributed by atoms with Crippen LogP contribution in [0.2, 0.25) is 0 Å². The fraction of sp³-hybridized carbons (Fsp3) is 0.667. The molecule has 2 heterocycles. The molecule has 6 heteroatoms. The van der Waals surface area contributed by atoms with Crippen molar-refractivity contribution in [1.82, 2.24) is 15.1 Å². The third-order valence-electron chi connectivity index (χ3n) is 3.20. The molecule has 0 aromatic carbocycles. The van der Waals surface area contributed by atoms with Gasteiger partial charge in [0.15, 0.2) is 0 Å². The number of aryl methyl sites for hydroxylation is 2. The number of ether oxygens (including phenoxy) is 1. The molecule has 100 valence electrons. The molecule has 0 saturated carbocycles. The third kappa shape index (κ3) is 2.48. The molecule has 1 saturated heterocycles. The maximum absolute atomic E-state index is 12.1. The standard InChI is InChI=1S/C12H20N4O2/c1-3-16-11(10(13)8(2)15-16)12(17)14-7-9-5-4-6-18-9/h9H,3-7,13H2,1-2H3,(H,14,17). The molecular formula is C12H20N4O2. The zero-order valence-electron chi connectivity index (χ0n) is 10.9. The van der Waals surface area contributed by atoms with Crippen molar-refractivity contribution in [3.63, 3.8) is 0 Å². The van der Waals surface area contributed by atoms with E-state index in [0.29, 0.717) is 30.2 Å². The summed E-state index contributed by atoms with van der Waals surface area (Å²) in [5.41, 5.74) is 7.49. The van der Waals surface area contributed by atoms with Crippen LogP contribution in [0, 0.1) is 6.92 Å². The largest absolute Gasteiger partial charge is 0.395 e. The lowest BCUT2D eigenvalue weighted by Crippen LogP contribution is -2.33. The molecular weight excluding hydrogens is 232 g/mol. The van der Waals surface area contributed by atoms with E-state index in [9.17, 15) is 4.79 Å². The highest BCUT2D eigenvalue weighted by molar-refractivity contribution is 5.97. The number of nitrogens with zero attached hydrogens (tertiary/aromatic N) is 2. The predicted octanol–water partition coefficient (Wildman–Crippen LogP) is 0.702. The molecule has 0 bridgehead atoms. The van der Waals surface area contributed by atoms with Crippen molar-refractivity contribution >= 4 is 11.6 Å². The van der Waals surface area contributed by atoms with Crippen molar-refractivity contribution in [3.05, 3.63) is 11.4 Å². The van der Waals surface area contributed by atoms with Gasteiger partial charge < -0.3 is 15.8 Å². The number of carbonyl (C=O) groups is 1. The Kier molecular flexibility index (Phi) is 3.86. The molecule has 2 rings (SSSR count). The topological polar surface area (TPSA) is 82.2 Å². The lowest BCUT2D eigenvalue weighted by molar-refractivity contribution is 0.0850. The molecule has 0 spiro atoms. The first-order valence-electron chi connectivity index (χ1n) is 6.36. The number of nitrogen functional groups attached to an aromatic ring is 1. The van der Waals surface area contributed by atoms with Gasteiger partial charge in [-0.25, -0.2) is 0 Å². The Morgan fingerprint density at radius 2 is 2.44 bits per heavy atom. The number of nitrogens with one attached hydrogen (secondary N) is 1. The average molecular weight is 252 g/mol. The minimum atomic E-state index is -0.176. The summed E-state index contributed by atoms with van der Waals surface area (Å²) in [6, 6.07) is 0. The van der Waals surface area contributed by atoms with Crippen molar-refractivity contribution in [3.8, 4) is 0 Å². The van der Waals surface area contributed by atoms with Crippen molar-refractivity contribution < 1.29 is 9.53 Å². The molecule has 1 amide bonds. The molecule has 1 atom stereocenters. The van der Waals surface area contributed by atoms with Gasteiger partial charge in [0.1, 0.15) is 5.69 Å². The SMILES string of the molecule is CCn1nc(C)c(N)c1C(=O)NCC1CCCO1. The summed E-state index contributed by atoms with van der Waals surface area (Å²) in [6.45, 7) is 5.68. The fourth-order valence-corrected chi connectivity index (χ4v) is 2.16. The van der Waals surface area contributed by atoms with Crippen LogP contribution in [-0.4, -0.2) is 34.9 Å². The summed E-state index contributed by atoms with van der Waals surface area (Å²) in [5, 5.41) is 7.09. The van der Waals surface area contributed by atoms with Gasteiger partial charge >= 0.3 is 0 Å². The van der Waals surface area contributed by atoms with Crippen LogP contribution >= 0.6 is 0 Å². The summed E-state index contributed by atoms with van der Waals surface area (Å²) in [7, 11) is 0. The Labute approximate surface area is 106 Å². The monoisotopic (exact) mass is 252 g/mol. The van der Waals surface area contributed by atoms with Crippen molar-refractivity contribution in [2.24, 2.45) is 0 Å². The smallest absolute Gasteiger partial charge is 0.271 e. The third-order valence-corrected chi connectivity index (χ3v) is 3.20. The highest BCUT2D eigenvalue weighted by Gasteiger charge is 2.21. The van der Waals surface area contributed by atoms with Crippen LogP contribution in [-0.2, 0) is 11.3 Å². The second-order valence-electron chi connectivity index (χ2n) is 4.51. The average Bonchev–Trinajstić information content (AvgIpc) is 2.96. The number of aromatic nitrogens is 2. The first-order valence-corrected chi connectivity index (χ1v) is 6.36. The van der Waals surface area contributed by atoms with E-state index in [0.717, 1.165) is 19.4 Å². The quantitative estimate of drug-likeness (QED) is 0.826. The molecule has 1 aliphatic rings. The summed E-state index contributed by atoms with van der Waals surface area (Å²) >= 11 is 0. The van der Waals surface area contributed by atoms with E-state index in [1.165, 1.54) is 0 Å². The Hall–Kier alpha value is -1.56. The van der Waals surface area contributed by atoms with Crippen LogP contribution in [0.3, 0.4) is 0 Å². The highest BCUT2D eigenvalue weighted by atomic mass is 16.5. The molecule has 1 aromatic heterocycles. The van der Waals surface area contributed by atoms with Gasteiger partial charge in [0.2, 0.25) is 0 Å². The van der Waals surface area contributed by atoms with Gasteiger partial charge in [-0.15, -0.1) is 0 Å². The van der Waals surface area contributed by atoms with Gasteiger partial charge in [0.05, 0.1) is 17.5 Å². The van der Waals surface area contributed by atoms with Crippen molar-refractivity contribution in [2.75, 3.05) is 18.9 Å². The lowest BCUT2D eigenvalue weighted by Gasteiger charge is -2.11. The molecule has 1 aromatic rings. The number of rotatable bonds is 4. The van der Waals surface area contributed by atoms with E-state index in [-0.39, 0.29) is 12.0 Å². The zero-order chi connectivity index (χ0) is 13.1. The van der Waals surface area contributed by atoms with E-state index < -0.39 is 0 Å². The predicted molar refractivity (Wildman–Crippen MR) is 68.4 cm³/mol. The van der Waals surface area contributed by atoms with Crippen LogP contribution in [0.5, 0.6) is 0 Å². The molecule has 1 unspecified atom stereocenters. The molecule has 1 aliphatic heterocycles. The first-order chi connectivity index (χ1) is 8.63. The van der Waals surface area contributed by atoms with Gasteiger partial charge in [-0.3, -0.25) is 9.48 Å². The van der Waals surface area contributed by atoms with Gasteiger partial charge in [0.25, 0.3) is 5.91 Å². The van der Waals surface area contributed by atoms with E-state index >= 15 is 0 Å². The minimum Gasteiger partial charge on any atom is -0.395 e. The Bertz CT molecular complexity index is 436. The summed E-state index contributed by atoms with van der Waals surface area (Å²) < 4.78 is 7.10. The van der Waals surface area contributed by atoms with E-state index in [4.69, 9.17) is 10.5 Å². The number of carbonyl (C=O) groups excluding carboxylic acids is 1. The van der Waals surface area contributed by atoms with Crippen LogP contribution in [0.15, 0.2) is 0 Å². The summed E-state index contributed by atoms with van der Waals surface area (Å²) in [5.74, 6) is -0.176. The maximum atomic E-state index is 12.1. The maximum Gasteiger partial charge on any atom is 0.271 e. The van der Waals surface area contributed by atoms with Crippen LogP contribution in [0.1, 0.15) is 35.9 Å². The number of hydrogen-bond donors (Lipinski definition) is 2. The van der Waals surface area contributed by atoms with Gasteiger partial charge in [-0.05, 0) is 26.7 Å². The number of anilines is 1. The molecule has 3 N–H and O–H groups in total. The second kappa shape index (κ2) is 5.39. The molecule has 6 nitrogen and oxygen atoms in total. The number of nitrogens with two attached hydrogens (primary N) is 1. The molecule has 1 fully saturated rings. The molecule has 18 heavy (non-hydrogen) atoms. The highest BCUT2D eigenvalue weighted by Crippen LogP contribution is 2.16. The van der Waals surface area contributed by atoms with Gasteiger partial charge in [-0.1, -0.05) is 0 Å². The summed E-state index contributed by atoms with van der Waals surface area (Å²) in [6.07, 6.45) is 2.20. The lowest BCUT2D eigenvalue weighted by atomic mass is 10.2. The summed E-state index contributed by atoms with van der Waals surface area (Å²) in [4.78, 5) is 12.1. The fourth-order valence-electron chi connectivity index (χ4n) is 2.16.